The minimum atomic E-state index is -7.60. The van der Waals surface area contributed by atoms with Gasteiger partial charge in [-0.1, -0.05) is 0 Å². The van der Waals surface area contributed by atoms with Crippen LogP contribution >= 0.6 is 0 Å². The van der Waals surface area contributed by atoms with E-state index in [1.165, 1.54) is 0 Å². The molecule has 0 aromatic heterocycles. The van der Waals surface area contributed by atoms with Crippen LogP contribution in [-0.4, -0.2) is 23.6 Å². The highest BCUT2D eigenvalue weighted by Crippen LogP contribution is 2.55. The molecule has 0 N–H and O–H groups in total. The summed E-state index contributed by atoms with van der Waals surface area (Å²) in [4.78, 5) is 0. The van der Waals surface area contributed by atoms with Crippen LogP contribution in [-0.2, 0) is 4.74 Å². The van der Waals surface area contributed by atoms with E-state index in [0.717, 1.165) is 0 Å². The zero-order valence-corrected chi connectivity index (χ0v) is 13.2. The first-order valence-electron chi connectivity index (χ1n) is 6.31. The van der Waals surface area contributed by atoms with Crippen LogP contribution < -0.4 is 0 Å². The third kappa shape index (κ3) is 4.79. The van der Waals surface area contributed by atoms with Gasteiger partial charge in [-0.3, -0.25) is 0 Å². The molecule has 0 saturated heterocycles. The van der Waals surface area contributed by atoms with E-state index in [-0.39, 0.29) is 0 Å². The van der Waals surface area contributed by atoms with E-state index in [0.29, 0.717) is 0 Å². The van der Waals surface area contributed by atoms with Crippen LogP contribution in [0.3, 0.4) is 0 Å². The van der Waals surface area contributed by atoms with Crippen molar-refractivity contribution >= 4 is 0 Å². The largest absolute Gasteiger partial charge is 0.407 e. The first-order chi connectivity index (χ1) is 13.6. The Kier molecular flexibility index (Phi) is 8.35. The van der Waals surface area contributed by atoms with Crippen molar-refractivity contribution in [2.75, 3.05) is 0 Å². The number of alkyl halides is 6. The van der Waals surface area contributed by atoms with Crippen molar-refractivity contribution in [3.05, 3.63) is 47.6 Å². The van der Waals surface area contributed by atoms with Crippen molar-refractivity contribution in [3.8, 4) is 0 Å². The Morgan fingerprint density at radius 2 is 0.516 bits per heavy atom. The van der Waals surface area contributed by atoms with Gasteiger partial charge in [0, 0.05) is 0 Å². The van der Waals surface area contributed by atoms with E-state index in [1.54, 1.807) is 4.74 Å². The molecule has 0 rings (SSSR count). The number of rotatable bonds is 8. The third-order valence-corrected chi connectivity index (χ3v) is 2.93. The summed E-state index contributed by atoms with van der Waals surface area (Å²) in [5, 5.41) is 0. The van der Waals surface area contributed by atoms with Crippen LogP contribution in [0.5, 0.6) is 0 Å². The van der Waals surface area contributed by atoms with Crippen LogP contribution in [0.15, 0.2) is 47.6 Å². The normalized spacial score (nSPS) is 13.0. The summed E-state index contributed by atoms with van der Waals surface area (Å²) in [5.74, 6) is -18.6. The van der Waals surface area contributed by atoms with E-state index in [2.05, 4.69) is 0 Å². The molecule has 0 aliphatic heterocycles. The fourth-order valence-electron chi connectivity index (χ4n) is 1.53. The predicted octanol–water partition coefficient (Wildman–Crippen LogP) is 7.92. The van der Waals surface area contributed by atoms with E-state index in [4.69, 9.17) is 0 Å². The molecule has 0 saturated carbocycles. The van der Waals surface area contributed by atoms with Gasteiger partial charge in [0.15, 0.2) is 0 Å². The molecule has 0 spiro atoms. The molecule has 0 atom stereocenters. The summed E-state index contributed by atoms with van der Waals surface area (Å²) in [6.45, 7) is 0. The Labute approximate surface area is 156 Å². The zero-order chi connectivity index (χ0) is 25.3. The molecule has 0 fully saturated rings. The summed E-state index contributed by atoms with van der Waals surface area (Å²) >= 11 is 0. The monoisotopic (exact) mass is 502 g/mol. The van der Waals surface area contributed by atoms with Crippen molar-refractivity contribution in [3.63, 3.8) is 0 Å². The maximum absolute atomic E-state index is 13.8. The van der Waals surface area contributed by atoms with Gasteiger partial charge in [0.2, 0.25) is 23.3 Å². The highest BCUT2D eigenvalue weighted by Gasteiger charge is 2.75. The molecule has 31 heavy (non-hydrogen) atoms. The minimum absolute atomic E-state index is 1.59. The standard InChI is InChI=1S/C12F18O/c13-1(5(17)18)9(25,2(14)6(19)20)11(27,28)31-12(29,30)10(26,3(15)7(21)22)4(16)8(23)24. The molecule has 0 amide bonds. The smallest absolute Gasteiger partial charge is 0.249 e. The molecular weight excluding hydrogens is 502 g/mol. The van der Waals surface area contributed by atoms with Gasteiger partial charge in [-0.2, -0.15) is 52.7 Å². The first-order valence-corrected chi connectivity index (χ1v) is 6.31. The van der Waals surface area contributed by atoms with Crippen LogP contribution in [0, 0.1) is 0 Å². The summed E-state index contributed by atoms with van der Waals surface area (Å²) in [6.07, 6.45) is -33.0. The van der Waals surface area contributed by atoms with Gasteiger partial charge in [-0.15, -0.1) is 0 Å². The molecule has 0 aromatic carbocycles. The van der Waals surface area contributed by atoms with E-state index >= 15 is 0 Å². The van der Waals surface area contributed by atoms with Gasteiger partial charge < -0.3 is 0 Å². The maximum atomic E-state index is 13.8. The zero-order valence-electron chi connectivity index (χ0n) is 13.2. The van der Waals surface area contributed by atoms with Crippen LogP contribution in [0.1, 0.15) is 0 Å². The molecule has 0 aliphatic rings. The lowest BCUT2D eigenvalue weighted by molar-refractivity contribution is -0.427. The minimum Gasteiger partial charge on any atom is -0.249 e. The Hall–Kier alpha value is -2.34. The molecule has 19 heteroatoms. The van der Waals surface area contributed by atoms with Gasteiger partial charge in [-0.25, -0.2) is 31.1 Å². The Morgan fingerprint density at radius 3 is 0.645 bits per heavy atom. The Morgan fingerprint density at radius 1 is 0.355 bits per heavy atom. The maximum Gasteiger partial charge on any atom is 0.407 e. The van der Waals surface area contributed by atoms with Crippen LogP contribution in [0.4, 0.5) is 79.0 Å². The molecule has 0 radical (unpaired) electrons. The van der Waals surface area contributed by atoms with Crippen LogP contribution in [0.25, 0.3) is 0 Å². The summed E-state index contributed by atoms with van der Waals surface area (Å²) < 4.78 is 232. The average molecular weight is 502 g/mol. The fourth-order valence-corrected chi connectivity index (χ4v) is 1.53. The molecule has 0 bridgehead atoms. The molecule has 0 heterocycles. The molecule has 180 valence electrons. The lowest BCUT2D eigenvalue weighted by Crippen LogP contribution is -2.57. The Balaban J connectivity index is 7.12. The second-order valence-corrected chi connectivity index (χ2v) is 4.75. The topological polar surface area (TPSA) is 9.23 Å². The van der Waals surface area contributed by atoms with Gasteiger partial charge in [-0.05, 0) is 0 Å². The van der Waals surface area contributed by atoms with E-state index in [1.807, 2.05) is 0 Å². The number of halogens is 18. The first kappa shape index (κ1) is 28.7. The lowest BCUT2D eigenvalue weighted by atomic mass is 9.99. The Bertz CT molecular complexity index is 702. The molecule has 0 aliphatic carbocycles. The SMILES string of the molecule is FC(F)=C(F)C(F)(C(F)=C(F)F)C(F)(F)OC(F)(F)C(F)(C(F)=C(F)F)C(F)=C(F)F. The molecular formula is C12F18O. The molecule has 0 unspecified atom stereocenters. The quantitative estimate of drug-likeness (QED) is 0.307. The highest BCUT2D eigenvalue weighted by molar-refractivity contribution is 5.32. The number of hydrogen-bond donors (Lipinski definition) is 0. The average Bonchev–Trinajstić information content (AvgIpc) is 2.62. The summed E-state index contributed by atoms with van der Waals surface area (Å²) in [7, 11) is 0. The summed E-state index contributed by atoms with van der Waals surface area (Å²) in [6, 6.07) is 0. The van der Waals surface area contributed by atoms with Gasteiger partial charge >= 0.3 is 47.9 Å². The second kappa shape index (κ2) is 9.03. The van der Waals surface area contributed by atoms with Crippen molar-refractivity contribution in [2.45, 2.75) is 23.6 Å². The predicted molar refractivity (Wildman–Crippen MR) is 60.1 cm³/mol. The molecule has 0 aromatic rings. The number of hydrogen-bond acceptors (Lipinski definition) is 1. The lowest BCUT2D eigenvalue weighted by Gasteiger charge is -2.36. The van der Waals surface area contributed by atoms with Crippen molar-refractivity contribution in [2.24, 2.45) is 0 Å². The van der Waals surface area contributed by atoms with Crippen molar-refractivity contribution in [1.82, 2.24) is 0 Å². The third-order valence-electron chi connectivity index (χ3n) is 2.93. The van der Waals surface area contributed by atoms with Gasteiger partial charge in [0.1, 0.15) is 0 Å². The van der Waals surface area contributed by atoms with Gasteiger partial charge in [0.25, 0.3) is 0 Å². The van der Waals surface area contributed by atoms with E-state index < -0.39 is 71.2 Å². The van der Waals surface area contributed by atoms with Crippen molar-refractivity contribution in [1.29, 1.82) is 0 Å². The van der Waals surface area contributed by atoms with E-state index in [9.17, 15) is 79.0 Å². The van der Waals surface area contributed by atoms with Crippen LogP contribution in [0.2, 0.25) is 0 Å². The molecule has 1 nitrogen and oxygen atoms in total. The van der Waals surface area contributed by atoms with Gasteiger partial charge in [0.05, 0.1) is 0 Å². The highest BCUT2D eigenvalue weighted by atomic mass is 19.3. The fraction of sp³-hybridized carbons (Fsp3) is 0.333. The second-order valence-electron chi connectivity index (χ2n) is 4.75. The summed E-state index contributed by atoms with van der Waals surface area (Å²) in [5.41, 5.74) is -14.3. The van der Waals surface area contributed by atoms with Crippen molar-refractivity contribution < 1.29 is 83.8 Å². The number of ether oxygens (including phenoxy) is 1.